The molecule has 0 unspecified atom stereocenters. The summed E-state index contributed by atoms with van der Waals surface area (Å²) in [6, 6.07) is 19.2. The standard InChI is InChI=1S/C26H26N2O5/c1-17-8-6-13-24(18(17)2)32-16-25(30)27-15-21-9-4-5-12-23(21)28-26(31)20-10-7-11-22(14-20)33-19(3)29/h4-14H,15-16H2,1-3H3,(H,27,30)(H,28,31). The van der Waals surface area contributed by atoms with Gasteiger partial charge in [0, 0.05) is 24.7 Å². The fourth-order valence-corrected chi connectivity index (χ4v) is 3.13. The molecule has 0 aliphatic rings. The maximum Gasteiger partial charge on any atom is 0.308 e. The lowest BCUT2D eigenvalue weighted by molar-refractivity contribution is -0.131. The van der Waals surface area contributed by atoms with Crippen molar-refractivity contribution in [2.24, 2.45) is 0 Å². The van der Waals surface area contributed by atoms with Crippen molar-refractivity contribution in [3.63, 3.8) is 0 Å². The first-order valence-electron chi connectivity index (χ1n) is 10.5. The molecular formula is C26H26N2O5. The van der Waals surface area contributed by atoms with Crippen LogP contribution in [0.1, 0.15) is 34.0 Å². The largest absolute Gasteiger partial charge is 0.483 e. The van der Waals surface area contributed by atoms with Crippen molar-refractivity contribution in [3.05, 3.63) is 89.0 Å². The molecule has 7 nitrogen and oxygen atoms in total. The summed E-state index contributed by atoms with van der Waals surface area (Å²) < 4.78 is 10.7. The molecule has 33 heavy (non-hydrogen) atoms. The van der Waals surface area contributed by atoms with Crippen molar-refractivity contribution in [2.75, 3.05) is 11.9 Å². The minimum atomic E-state index is -0.463. The van der Waals surface area contributed by atoms with Gasteiger partial charge in [-0.15, -0.1) is 0 Å². The summed E-state index contributed by atoms with van der Waals surface area (Å²) in [7, 11) is 0. The molecule has 3 rings (SSSR count). The molecule has 3 aromatic rings. The number of esters is 1. The van der Waals surface area contributed by atoms with E-state index in [-0.39, 0.29) is 25.0 Å². The molecule has 0 atom stereocenters. The fraction of sp³-hybridized carbons (Fsp3) is 0.192. The number of hydrogen-bond donors (Lipinski definition) is 2. The Hall–Kier alpha value is -4.13. The van der Waals surface area contributed by atoms with Crippen LogP contribution in [0.4, 0.5) is 5.69 Å². The summed E-state index contributed by atoms with van der Waals surface area (Å²) >= 11 is 0. The van der Waals surface area contributed by atoms with E-state index in [2.05, 4.69) is 10.6 Å². The fourth-order valence-electron chi connectivity index (χ4n) is 3.13. The number of benzene rings is 3. The Bertz CT molecular complexity index is 1170. The Morgan fingerprint density at radius 1 is 0.909 bits per heavy atom. The summed E-state index contributed by atoms with van der Waals surface area (Å²) in [5, 5.41) is 5.66. The van der Waals surface area contributed by atoms with Crippen molar-refractivity contribution in [1.29, 1.82) is 0 Å². The van der Waals surface area contributed by atoms with Gasteiger partial charge in [0.25, 0.3) is 11.8 Å². The highest BCUT2D eigenvalue weighted by atomic mass is 16.5. The molecule has 170 valence electrons. The second-order valence-corrected chi connectivity index (χ2v) is 7.50. The van der Waals surface area contributed by atoms with E-state index < -0.39 is 5.97 Å². The normalized spacial score (nSPS) is 10.3. The van der Waals surface area contributed by atoms with E-state index in [0.29, 0.717) is 22.7 Å². The summed E-state index contributed by atoms with van der Waals surface area (Å²) in [4.78, 5) is 36.2. The highest BCUT2D eigenvalue weighted by Gasteiger charge is 2.12. The smallest absolute Gasteiger partial charge is 0.308 e. The lowest BCUT2D eigenvalue weighted by Gasteiger charge is -2.13. The van der Waals surface area contributed by atoms with Gasteiger partial charge in [0.1, 0.15) is 11.5 Å². The number of carbonyl (C=O) groups excluding carboxylic acids is 3. The molecular weight excluding hydrogens is 420 g/mol. The molecule has 0 saturated carbocycles. The molecule has 0 aliphatic carbocycles. The van der Waals surface area contributed by atoms with Crippen LogP contribution in [0.3, 0.4) is 0 Å². The molecule has 2 N–H and O–H groups in total. The minimum absolute atomic E-state index is 0.109. The number of para-hydroxylation sites is 1. The van der Waals surface area contributed by atoms with E-state index >= 15 is 0 Å². The molecule has 0 radical (unpaired) electrons. The van der Waals surface area contributed by atoms with Gasteiger partial charge in [-0.05, 0) is 60.9 Å². The molecule has 2 amide bonds. The summed E-state index contributed by atoms with van der Waals surface area (Å²) in [6.07, 6.45) is 0. The molecule has 0 aliphatic heterocycles. The van der Waals surface area contributed by atoms with E-state index in [4.69, 9.17) is 9.47 Å². The zero-order valence-electron chi connectivity index (χ0n) is 18.8. The van der Waals surface area contributed by atoms with E-state index in [1.807, 2.05) is 44.2 Å². The number of anilines is 1. The van der Waals surface area contributed by atoms with Gasteiger partial charge >= 0.3 is 5.97 Å². The van der Waals surface area contributed by atoms with Crippen molar-refractivity contribution >= 4 is 23.5 Å². The van der Waals surface area contributed by atoms with Crippen LogP contribution < -0.4 is 20.1 Å². The van der Waals surface area contributed by atoms with Crippen LogP contribution in [0.15, 0.2) is 66.7 Å². The summed E-state index contributed by atoms with van der Waals surface area (Å²) in [5.41, 5.74) is 3.74. The van der Waals surface area contributed by atoms with Gasteiger partial charge in [-0.1, -0.05) is 36.4 Å². The van der Waals surface area contributed by atoms with Crippen LogP contribution in [0.25, 0.3) is 0 Å². The average Bonchev–Trinajstić information content (AvgIpc) is 2.79. The zero-order valence-corrected chi connectivity index (χ0v) is 18.8. The third kappa shape index (κ3) is 6.67. The quantitative estimate of drug-likeness (QED) is 0.400. The topological polar surface area (TPSA) is 93.7 Å². The minimum Gasteiger partial charge on any atom is -0.483 e. The SMILES string of the molecule is CC(=O)Oc1cccc(C(=O)Nc2ccccc2CNC(=O)COc2cccc(C)c2C)c1. The first-order chi connectivity index (χ1) is 15.8. The Balaban J connectivity index is 1.60. The Morgan fingerprint density at radius 3 is 2.45 bits per heavy atom. The predicted octanol–water partition coefficient (Wildman–Crippen LogP) is 4.18. The first kappa shape index (κ1) is 23.5. The second-order valence-electron chi connectivity index (χ2n) is 7.50. The van der Waals surface area contributed by atoms with Crippen LogP contribution in [-0.2, 0) is 16.1 Å². The van der Waals surface area contributed by atoms with E-state index in [1.165, 1.54) is 13.0 Å². The maximum atomic E-state index is 12.7. The summed E-state index contributed by atoms with van der Waals surface area (Å²) in [5.74, 6) is -0.129. The number of amides is 2. The lowest BCUT2D eigenvalue weighted by atomic mass is 10.1. The number of hydrogen-bond acceptors (Lipinski definition) is 5. The number of ether oxygens (including phenoxy) is 2. The van der Waals surface area contributed by atoms with Gasteiger partial charge in [-0.25, -0.2) is 0 Å². The third-order valence-electron chi connectivity index (χ3n) is 5.01. The number of aryl methyl sites for hydroxylation is 1. The van der Waals surface area contributed by atoms with E-state index in [1.54, 1.807) is 30.3 Å². The van der Waals surface area contributed by atoms with Gasteiger partial charge in [-0.3, -0.25) is 14.4 Å². The van der Waals surface area contributed by atoms with Gasteiger partial charge < -0.3 is 20.1 Å². The Morgan fingerprint density at radius 2 is 1.67 bits per heavy atom. The zero-order chi connectivity index (χ0) is 23.8. The first-order valence-corrected chi connectivity index (χ1v) is 10.5. The third-order valence-corrected chi connectivity index (χ3v) is 5.01. The van der Waals surface area contributed by atoms with Gasteiger partial charge in [0.2, 0.25) is 0 Å². The molecule has 7 heteroatoms. The molecule has 0 spiro atoms. The van der Waals surface area contributed by atoms with Crippen molar-refractivity contribution in [3.8, 4) is 11.5 Å². The van der Waals surface area contributed by atoms with Crippen molar-refractivity contribution in [1.82, 2.24) is 5.32 Å². The van der Waals surface area contributed by atoms with E-state index in [0.717, 1.165) is 16.7 Å². The average molecular weight is 447 g/mol. The highest BCUT2D eigenvalue weighted by Crippen LogP contribution is 2.21. The molecule has 0 aromatic heterocycles. The molecule has 0 saturated heterocycles. The van der Waals surface area contributed by atoms with Crippen LogP contribution in [0.5, 0.6) is 11.5 Å². The second kappa shape index (κ2) is 10.9. The monoisotopic (exact) mass is 446 g/mol. The Labute approximate surface area is 192 Å². The van der Waals surface area contributed by atoms with Gasteiger partial charge in [0.05, 0.1) is 0 Å². The highest BCUT2D eigenvalue weighted by molar-refractivity contribution is 6.05. The summed E-state index contributed by atoms with van der Waals surface area (Å²) in [6.45, 7) is 5.34. The lowest BCUT2D eigenvalue weighted by Crippen LogP contribution is -2.29. The molecule has 0 bridgehead atoms. The Kier molecular flexibility index (Phi) is 7.81. The van der Waals surface area contributed by atoms with Gasteiger partial charge in [-0.2, -0.15) is 0 Å². The maximum absolute atomic E-state index is 12.7. The van der Waals surface area contributed by atoms with Crippen LogP contribution >= 0.6 is 0 Å². The molecule has 3 aromatic carbocycles. The predicted molar refractivity (Wildman–Crippen MR) is 125 cm³/mol. The number of rotatable bonds is 8. The number of carbonyl (C=O) groups is 3. The van der Waals surface area contributed by atoms with E-state index in [9.17, 15) is 14.4 Å². The van der Waals surface area contributed by atoms with Crippen molar-refractivity contribution in [2.45, 2.75) is 27.3 Å². The van der Waals surface area contributed by atoms with Gasteiger partial charge in [0.15, 0.2) is 6.61 Å². The van der Waals surface area contributed by atoms with Crippen LogP contribution in [0.2, 0.25) is 0 Å². The van der Waals surface area contributed by atoms with Crippen LogP contribution in [-0.4, -0.2) is 24.4 Å². The van der Waals surface area contributed by atoms with Crippen LogP contribution in [0, 0.1) is 13.8 Å². The molecule has 0 fully saturated rings. The van der Waals surface area contributed by atoms with Crippen molar-refractivity contribution < 1.29 is 23.9 Å². The molecule has 0 heterocycles. The number of nitrogens with one attached hydrogen (secondary N) is 2.